The van der Waals surface area contributed by atoms with Gasteiger partial charge >= 0.3 is 5.97 Å². The average Bonchev–Trinajstić information content (AvgIpc) is 2.25. The van der Waals surface area contributed by atoms with Crippen LogP contribution in [-0.2, 0) is 9.53 Å². The lowest BCUT2D eigenvalue weighted by atomic mass is 10.2. The number of esters is 1. The lowest BCUT2D eigenvalue weighted by Gasteiger charge is -2.05. The third kappa shape index (κ3) is 2.75. The second-order valence-corrected chi connectivity index (χ2v) is 2.86. The molecule has 1 aromatic rings. The van der Waals surface area contributed by atoms with Crippen molar-refractivity contribution in [3.8, 4) is 0 Å². The Hall–Kier alpha value is -1.98. The molecular weight excluding hydrogens is 220 g/mol. The first-order valence-corrected chi connectivity index (χ1v) is 4.35. The lowest BCUT2D eigenvalue weighted by molar-refractivity contribution is -0.139. The summed E-state index contributed by atoms with van der Waals surface area (Å²) in [5, 5.41) is 2.04. The van der Waals surface area contributed by atoms with Gasteiger partial charge in [0.05, 0.1) is 7.11 Å². The van der Waals surface area contributed by atoms with E-state index in [4.69, 9.17) is 0 Å². The molecule has 6 heteroatoms. The Morgan fingerprint density at radius 2 is 1.88 bits per heavy atom. The second kappa shape index (κ2) is 5.20. The highest BCUT2D eigenvalue weighted by Gasteiger charge is 2.17. The molecule has 0 atom stereocenters. The Balaban J connectivity index is 2.77. The smallest absolute Gasteiger partial charge is 0.325 e. The topological polar surface area (TPSA) is 55.4 Å². The molecule has 0 fully saturated rings. The largest absolute Gasteiger partial charge is 0.468 e. The first kappa shape index (κ1) is 12.1. The van der Waals surface area contributed by atoms with Crippen LogP contribution in [0.15, 0.2) is 18.2 Å². The van der Waals surface area contributed by atoms with E-state index in [0.717, 1.165) is 25.3 Å². The number of carbonyl (C=O) groups is 2. The van der Waals surface area contributed by atoms with Crippen LogP contribution in [0.3, 0.4) is 0 Å². The van der Waals surface area contributed by atoms with Gasteiger partial charge in [0.2, 0.25) is 0 Å². The van der Waals surface area contributed by atoms with Crippen LogP contribution in [-0.4, -0.2) is 25.5 Å². The van der Waals surface area contributed by atoms with Crippen LogP contribution >= 0.6 is 0 Å². The molecule has 0 bridgehead atoms. The van der Waals surface area contributed by atoms with Gasteiger partial charge in [-0.1, -0.05) is 6.07 Å². The molecule has 1 N–H and O–H groups in total. The number of rotatable bonds is 3. The second-order valence-electron chi connectivity index (χ2n) is 2.86. The number of hydrogen-bond acceptors (Lipinski definition) is 3. The zero-order chi connectivity index (χ0) is 12.1. The van der Waals surface area contributed by atoms with Gasteiger partial charge in [0.1, 0.15) is 23.7 Å². The van der Waals surface area contributed by atoms with E-state index in [1.807, 2.05) is 5.32 Å². The summed E-state index contributed by atoms with van der Waals surface area (Å²) in [7, 11) is 1.14. The van der Waals surface area contributed by atoms with Gasteiger partial charge in [0, 0.05) is 0 Å². The monoisotopic (exact) mass is 229 g/mol. The van der Waals surface area contributed by atoms with Gasteiger partial charge in [0.25, 0.3) is 5.91 Å². The van der Waals surface area contributed by atoms with Crippen molar-refractivity contribution in [2.75, 3.05) is 13.7 Å². The van der Waals surface area contributed by atoms with Gasteiger partial charge < -0.3 is 10.1 Å². The number of carbonyl (C=O) groups excluding carboxylic acids is 2. The molecule has 0 aromatic heterocycles. The van der Waals surface area contributed by atoms with Crippen LogP contribution in [0, 0.1) is 11.6 Å². The summed E-state index contributed by atoms with van der Waals surface area (Å²) in [6, 6.07) is 3.05. The zero-order valence-electron chi connectivity index (χ0n) is 8.42. The maximum absolute atomic E-state index is 13.1. The molecule has 1 amide bonds. The Labute approximate surface area is 90.2 Å². The summed E-state index contributed by atoms with van der Waals surface area (Å²) in [4.78, 5) is 22.0. The molecule has 4 nitrogen and oxygen atoms in total. The van der Waals surface area contributed by atoms with Crippen molar-refractivity contribution >= 4 is 11.9 Å². The fraction of sp³-hybridized carbons (Fsp3) is 0.200. The molecule has 0 aliphatic rings. The zero-order valence-corrected chi connectivity index (χ0v) is 8.42. The summed E-state index contributed by atoms with van der Waals surface area (Å²) in [5.41, 5.74) is -0.716. The summed E-state index contributed by atoms with van der Waals surface area (Å²) in [6.45, 7) is -0.441. The van der Waals surface area contributed by atoms with Crippen LogP contribution in [0.4, 0.5) is 8.78 Å². The van der Waals surface area contributed by atoms with Crippen molar-refractivity contribution in [2.24, 2.45) is 0 Å². The average molecular weight is 229 g/mol. The van der Waals surface area contributed by atoms with Crippen molar-refractivity contribution in [3.05, 3.63) is 35.4 Å². The number of hydrogen-bond donors (Lipinski definition) is 1. The van der Waals surface area contributed by atoms with E-state index in [-0.39, 0.29) is 0 Å². The number of nitrogens with one attached hydrogen (secondary N) is 1. The summed E-state index contributed by atoms with van der Waals surface area (Å²) in [6.07, 6.45) is 0. The number of ether oxygens (including phenoxy) is 1. The van der Waals surface area contributed by atoms with Gasteiger partial charge in [0.15, 0.2) is 0 Å². The van der Waals surface area contributed by atoms with Crippen molar-refractivity contribution in [3.63, 3.8) is 0 Å². The minimum Gasteiger partial charge on any atom is -0.468 e. The van der Waals surface area contributed by atoms with Gasteiger partial charge in [-0.3, -0.25) is 9.59 Å². The highest BCUT2D eigenvalue weighted by atomic mass is 19.1. The van der Waals surface area contributed by atoms with Crippen molar-refractivity contribution in [1.82, 2.24) is 5.32 Å². The molecule has 1 aromatic carbocycles. The van der Waals surface area contributed by atoms with Crippen molar-refractivity contribution < 1.29 is 23.1 Å². The lowest BCUT2D eigenvalue weighted by Crippen LogP contribution is -2.31. The van der Waals surface area contributed by atoms with Crippen molar-refractivity contribution in [1.29, 1.82) is 0 Å². The third-order valence-corrected chi connectivity index (χ3v) is 1.81. The molecular formula is C10H9F2NO3. The SMILES string of the molecule is COC(=O)CNC(=O)c1c(F)cccc1F. The van der Waals surface area contributed by atoms with Crippen LogP contribution in [0.25, 0.3) is 0 Å². The van der Waals surface area contributed by atoms with E-state index in [9.17, 15) is 18.4 Å². The maximum Gasteiger partial charge on any atom is 0.325 e. The molecule has 0 unspecified atom stereocenters. The number of halogens is 2. The fourth-order valence-corrected chi connectivity index (χ4v) is 1.03. The Morgan fingerprint density at radius 1 is 1.31 bits per heavy atom. The standard InChI is InChI=1S/C10H9F2NO3/c1-16-8(14)5-13-10(15)9-6(11)3-2-4-7(9)12/h2-4H,5H2,1H3,(H,13,15). The first-order valence-electron chi connectivity index (χ1n) is 4.35. The van der Waals surface area contributed by atoms with Crippen LogP contribution < -0.4 is 5.32 Å². The Kier molecular flexibility index (Phi) is 3.93. The van der Waals surface area contributed by atoms with E-state index < -0.39 is 35.6 Å². The van der Waals surface area contributed by atoms with E-state index in [1.165, 1.54) is 0 Å². The molecule has 0 saturated carbocycles. The van der Waals surface area contributed by atoms with E-state index in [1.54, 1.807) is 0 Å². The van der Waals surface area contributed by atoms with Crippen LogP contribution in [0.2, 0.25) is 0 Å². The highest BCUT2D eigenvalue weighted by Crippen LogP contribution is 2.11. The molecule has 0 aliphatic carbocycles. The fourth-order valence-electron chi connectivity index (χ4n) is 1.03. The van der Waals surface area contributed by atoms with Gasteiger partial charge in [-0.25, -0.2) is 8.78 Å². The molecule has 16 heavy (non-hydrogen) atoms. The van der Waals surface area contributed by atoms with E-state index >= 15 is 0 Å². The molecule has 1 rings (SSSR count). The molecule has 0 radical (unpaired) electrons. The first-order chi connectivity index (χ1) is 7.56. The van der Waals surface area contributed by atoms with Crippen LogP contribution in [0.5, 0.6) is 0 Å². The van der Waals surface area contributed by atoms with E-state index in [2.05, 4.69) is 4.74 Å². The van der Waals surface area contributed by atoms with Crippen molar-refractivity contribution in [2.45, 2.75) is 0 Å². The maximum atomic E-state index is 13.1. The molecule has 0 aliphatic heterocycles. The van der Waals surface area contributed by atoms with Gasteiger partial charge in [-0.2, -0.15) is 0 Å². The highest BCUT2D eigenvalue weighted by molar-refractivity contribution is 5.96. The normalized spacial score (nSPS) is 9.69. The van der Waals surface area contributed by atoms with E-state index in [0.29, 0.717) is 0 Å². The molecule has 0 spiro atoms. The van der Waals surface area contributed by atoms with Gasteiger partial charge in [-0.05, 0) is 12.1 Å². The molecule has 0 heterocycles. The Bertz CT molecular complexity index is 400. The predicted octanol–water partition coefficient (Wildman–Crippen LogP) is 0.868. The van der Waals surface area contributed by atoms with Crippen LogP contribution in [0.1, 0.15) is 10.4 Å². The minimum absolute atomic E-state index is 0.441. The van der Waals surface area contributed by atoms with Gasteiger partial charge in [-0.15, -0.1) is 0 Å². The summed E-state index contributed by atoms with van der Waals surface area (Å²) in [5.74, 6) is -3.67. The summed E-state index contributed by atoms with van der Waals surface area (Å²) >= 11 is 0. The number of amides is 1. The summed E-state index contributed by atoms with van der Waals surface area (Å²) < 4.78 is 30.4. The predicted molar refractivity (Wildman–Crippen MR) is 50.7 cm³/mol. The molecule has 86 valence electrons. The Morgan fingerprint density at radius 3 is 2.38 bits per heavy atom. The number of methoxy groups -OCH3 is 1. The third-order valence-electron chi connectivity index (χ3n) is 1.81. The minimum atomic E-state index is -0.999. The number of benzene rings is 1. The molecule has 0 saturated heterocycles. The quantitative estimate of drug-likeness (QED) is 0.782.